The van der Waals surface area contributed by atoms with E-state index in [1.165, 1.54) is 30.2 Å². The van der Waals surface area contributed by atoms with Crippen molar-refractivity contribution in [3.8, 4) is 0 Å². The Hall–Kier alpha value is -2.86. The monoisotopic (exact) mass is 430 g/mol. The lowest BCUT2D eigenvalue weighted by Crippen LogP contribution is -2.11. The Morgan fingerprint density at radius 3 is 2.65 bits per heavy atom. The molecule has 0 unspecified atom stereocenters. The standard InChI is InChI=1S/C25H26N4OS/c1-3-16-11-8-12-19-20(15-26-21(16)19)22(30)23(17-9-6-5-7-10-17)31-25-28-27-24(18-13-14-18)29(25)4-2/h5-12,15,18,23,26H,3-4,13-14H2,1-2H3/t23-/m1/s1. The minimum atomic E-state index is -0.382. The highest BCUT2D eigenvalue weighted by atomic mass is 32.2. The molecular weight excluding hydrogens is 404 g/mol. The number of carbonyl (C=O) groups is 1. The highest BCUT2D eigenvalue weighted by Crippen LogP contribution is 2.43. The maximum atomic E-state index is 13.9. The average Bonchev–Trinajstić information content (AvgIpc) is 3.43. The Morgan fingerprint density at radius 2 is 1.94 bits per heavy atom. The number of rotatable bonds is 8. The average molecular weight is 431 g/mol. The fraction of sp³-hybridized carbons (Fsp3) is 0.320. The highest BCUT2D eigenvalue weighted by molar-refractivity contribution is 8.00. The molecule has 2 heterocycles. The van der Waals surface area contributed by atoms with Crippen molar-refractivity contribution in [1.82, 2.24) is 19.7 Å². The SMILES string of the molecule is CCc1cccc2c(C(=O)[C@H](Sc3nnc(C4CC4)n3CC)c3ccccc3)c[nH]c12. The van der Waals surface area contributed by atoms with Crippen molar-refractivity contribution in [2.45, 2.75) is 56.0 Å². The number of para-hydroxylation sites is 1. The summed E-state index contributed by atoms with van der Waals surface area (Å²) in [6.45, 7) is 5.06. The van der Waals surface area contributed by atoms with Gasteiger partial charge in [-0.3, -0.25) is 4.79 Å². The van der Waals surface area contributed by atoms with Gasteiger partial charge in [0.2, 0.25) is 0 Å². The number of fused-ring (bicyclic) bond motifs is 1. The molecule has 0 bridgehead atoms. The van der Waals surface area contributed by atoms with Crippen molar-refractivity contribution < 1.29 is 4.79 Å². The van der Waals surface area contributed by atoms with E-state index in [1.807, 2.05) is 48.7 Å². The van der Waals surface area contributed by atoms with Gasteiger partial charge in [-0.25, -0.2) is 0 Å². The quantitative estimate of drug-likeness (QED) is 0.278. The highest BCUT2D eigenvalue weighted by Gasteiger charge is 2.32. The number of nitrogens with one attached hydrogen (secondary N) is 1. The number of Topliss-reactive ketones (excluding diaryl/α,β-unsaturated/α-hetero) is 1. The molecule has 4 aromatic rings. The summed E-state index contributed by atoms with van der Waals surface area (Å²) in [7, 11) is 0. The summed E-state index contributed by atoms with van der Waals surface area (Å²) < 4.78 is 2.18. The summed E-state index contributed by atoms with van der Waals surface area (Å²) >= 11 is 1.51. The van der Waals surface area contributed by atoms with Crippen LogP contribution in [0.1, 0.15) is 65.2 Å². The van der Waals surface area contributed by atoms with Crippen LogP contribution < -0.4 is 0 Å². The second-order valence-electron chi connectivity index (χ2n) is 8.03. The molecule has 0 aliphatic heterocycles. The summed E-state index contributed by atoms with van der Waals surface area (Å²) in [5.74, 6) is 1.67. The molecule has 0 spiro atoms. The molecule has 0 radical (unpaired) electrons. The molecule has 1 fully saturated rings. The van der Waals surface area contributed by atoms with Gasteiger partial charge >= 0.3 is 0 Å². The molecule has 5 rings (SSSR count). The van der Waals surface area contributed by atoms with E-state index in [0.717, 1.165) is 46.0 Å². The largest absolute Gasteiger partial charge is 0.360 e. The van der Waals surface area contributed by atoms with Gasteiger partial charge in [0.1, 0.15) is 11.1 Å². The smallest absolute Gasteiger partial charge is 0.192 e. The summed E-state index contributed by atoms with van der Waals surface area (Å²) in [5.41, 5.74) is 3.99. The number of hydrogen-bond donors (Lipinski definition) is 1. The van der Waals surface area contributed by atoms with Gasteiger partial charge in [0.15, 0.2) is 10.9 Å². The Balaban J connectivity index is 1.56. The summed E-state index contributed by atoms with van der Waals surface area (Å²) in [4.78, 5) is 17.2. The van der Waals surface area contributed by atoms with Gasteiger partial charge in [0, 0.05) is 35.1 Å². The molecule has 1 aliphatic carbocycles. The number of ketones is 1. The number of carbonyl (C=O) groups excluding carboxylic acids is 1. The number of aromatic amines is 1. The fourth-order valence-corrected chi connectivity index (χ4v) is 5.37. The first kappa shape index (κ1) is 20.1. The van der Waals surface area contributed by atoms with Gasteiger partial charge in [-0.05, 0) is 37.3 Å². The van der Waals surface area contributed by atoms with Crippen LogP contribution in [0.3, 0.4) is 0 Å². The second-order valence-corrected chi connectivity index (χ2v) is 9.10. The first-order valence-corrected chi connectivity index (χ1v) is 11.9. The van der Waals surface area contributed by atoms with Crippen LogP contribution in [0.15, 0.2) is 59.9 Å². The third kappa shape index (κ3) is 3.69. The molecule has 5 nitrogen and oxygen atoms in total. The molecule has 31 heavy (non-hydrogen) atoms. The predicted molar refractivity (Wildman–Crippen MR) is 125 cm³/mol. The zero-order chi connectivity index (χ0) is 21.4. The third-order valence-corrected chi connectivity index (χ3v) is 7.25. The summed E-state index contributed by atoms with van der Waals surface area (Å²) in [6, 6.07) is 16.2. The number of hydrogen-bond acceptors (Lipinski definition) is 4. The van der Waals surface area contributed by atoms with Crippen molar-refractivity contribution in [2.24, 2.45) is 0 Å². The minimum Gasteiger partial charge on any atom is -0.360 e. The van der Waals surface area contributed by atoms with E-state index in [9.17, 15) is 4.79 Å². The van der Waals surface area contributed by atoms with Gasteiger partial charge in [-0.15, -0.1) is 10.2 Å². The van der Waals surface area contributed by atoms with E-state index in [1.54, 1.807) is 0 Å². The van der Waals surface area contributed by atoms with Crippen molar-refractivity contribution >= 4 is 28.4 Å². The molecular formula is C25H26N4OS. The van der Waals surface area contributed by atoms with Crippen LogP contribution >= 0.6 is 11.8 Å². The zero-order valence-electron chi connectivity index (χ0n) is 17.8. The van der Waals surface area contributed by atoms with Crippen LogP contribution in [0.5, 0.6) is 0 Å². The van der Waals surface area contributed by atoms with Crippen LogP contribution in [0.2, 0.25) is 0 Å². The van der Waals surface area contributed by atoms with E-state index >= 15 is 0 Å². The topological polar surface area (TPSA) is 63.6 Å². The molecule has 2 aromatic carbocycles. The number of benzene rings is 2. The normalized spacial score (nSPS) is 14.8. The molecule has 2 aromatic heterocycles. The van der Waals surface area contributed by atoms with Gasteiger partial charge in [0.05, 0.1) is 0 Å². The molecule has 1 N–H and O–H groups in total. The Kier molecular flexibility index (Phi) is 5.40. The number of H-pyrrole nitrogens is 1. The maximum absolute atomic E-state index is 13.9. The molecule has 1 saturated carbocycles. The van der Waals surface area contributed by atoms with Gasteiger partial charge in [-0.1, -0.05) is 67.2 Å². The van der Waals surface area contributed by atoms with Crippen molar-refractivity contribution in [3.63, 3.8) is 0 Å². The van der Waals surface area contributed by atoms with Crippen LogP contribution in [0.25, 0.3) is 10.9 Å². The molecule has 0 amide bonds. The number of aromatic nitrogens is 4. The van der Waals surface area contributed by atoms with Crippen LogP contribution in [0.4, 0.5) is 0 Å². The molecule has 6 heteroatoms. The zero-order valence-corrected chi connectivity index (χ0v) is 18.7. The van der Waals surface area contributed by atoms with E-state index in [2.05, 4.69) is 39.7 Å². The van der Waals surface area contributed by atoms with Crippen LogP contribution in [-0.2, 0) is 13.0 Å². The first-order valence-electron chi connectivity index (χ1n) is 11.0. The van der Waals surface area contributed by atoms with Crippen molar-refractivity contribution in [1.29, 1.82) is 0 Å². The lowest BCUT2D eigenvalue weighted by atomic mass is 10.0. The molecule has 158 valence electrons. The van der Waals surface area contributed by atoms with E-state index < -0.39 is 0 Å². The maximum Gasteiger partial charge on any atom is 0.192 e. The lowest BCUT2D eigenvalue weighted by molar-refractivity contribution is 0.0991. The minimum absolute atomic E-state index is 0.0920. The van der Waals surface area contributed by atoms with Gasteiger partial charge in [-0.2, -0.15) is 0 Å². The Morgan fingerprint density at radius 1 is 1.13 bits per heavy atom. The van der Waals surface area contributed by atoms with Crippen molar-refractivity contribution in [3.05, 3.63) is 77.2 Å². The molecule has 0 saturated heterocycles. The summed E-state index contributed by atoms with van der Waals surface area (Å²) in [6.07, 6.45) is 5.15. The summed E-state index contributed by atoms with van der Waals surface area (Å²) in [5, 5.41) is 10.4. The Bertz CT molecular complexity index is 1220. The number of nitrogens with zero attached hydrogens (tertiary/aromatic N) is 3. The second kappa shape index (κ2) is 8.35. The molecule has 1 aliphatic rings. The van der Waals surface area contributed by atoms with Crippen molar-refractivity contribution in [2.75, 3.05) is 0 Å². The van der Waals surface area contributed by atoms with Gasteiger partial charge in [0.25, 0.3) is 0 Å². The fourth-order valence-electron chi connectivity index (χ4n) is 4.19. The predicted octanol–water partition coefficient (Wildman–Crippen LogP) is 5.94. The van der Waals surface area contributed by atoms with E-state index in [-0.39, 0.29) is 11.0 Å². The molecule has 1 atom stereocenters. The van der Waals surface area contributed by atoms with Gasteiger partial charge < -0.3 is 9.55 Å². The van der Waals surface area contributed by atoms with Crippen LogP contribution in [-0.4, -0.2) is 25.5 Å². The first-order chi connectivity index (χ1) is 15.2. The lowest BCUT2D eigenvalue weighted by Gasteiger charge is -2.16. The number of thioether (sulfide) groups is 1. The van der Waals surface area contributed by atoms with E-state index in [0.29, 0.717) is 5.92 Å². The third-order valence-electron chi connectivity index (χ3n) is 6.02. The van der Waals surface area contributed by atoms with Crippen LogP contribution in [0, 0.1) is 0 Å². The Labute approximate surface area is 186 Å². The number of aryl methyl sites for hydroxylation is 1. The van der Waals surface area contributed by atoms with E-state index in [4.69, 9.17) is 0 Å².